The van der Waals surface area contributed by atoms with Crippen molar-refractivity contribution >= 4 is 61.9 Å². The molecular weight excluding hydrogens is 362 g/mol. The molecule has 118 valence electrons. The number of fused-ring (bicyclic) bond motifs is 1. The third kappa shape index (κ3) is 3.39. The number of nitrogens with one attached hydrogen (secondary N) is 2. The molecule has 4 nitrogen and oxygen atoms in total. The molecule has 1 aromatic heterocycles. The van der Waals surface area contributed by atoms with Crippen molar-refractivity contribution in [3.8, 4) is 6.07 Å². The summed E-state index contributed by atoms with van der Waals surface area (Å²) in [4.78, 5) is 12.8. The number of thiocarbonyl (C=S) groups is 1. The molecule has 24 heavy (non-hydrogen) atoms. The van der Waals surface area contributed by atoms with Crippen molar-refractivity contribution in [2.75, 3.05) is 5.32 Å². The van der Waals surface area contributed by atoms with Crippen LogP contribution < -0.4 is 10.6 Å². The number of halogens is 1. The summed E-state index contributed by atoms with van der Waals surface area (Å²) in [5.74, 6) is -0.366. The number of rotatable bonds is 2. The molecule has 0 radical (unpaired) electrons. The van der Waals surface area contributed by atoms with Crippen molar-refractivity contribution in [2.24, 2.45) is 0 Å². The van der Waals surface area contributed by atoms with Crippen molar-refractivity contribution in [2.45, 2.75) is 0 Å². The Morgan fingerprint density at radius 2 is 2.00 bits per heavy atom. The lowest BCUT2D eigenvalue weighted by atomic mass is 10.2. The van der Waals surface area contributed by atoms with Gasteiger partial charge in [0.2, 0.25) is 0 Å². The van der Waals surface area contributed by atoms with Crippen molar-refractivity contribution in [1.29, 1.82) is 5.26 Å². The normalized spacial score (nSPS) is 10.2. The minimum absolute atomic E-state index is 0.142. The van der Waals surface area contributed by atoms with Gasteiger partial charge in [-0.3, -0.25) is 10.1 Å². The third-order valence-corrected chi connectivity index (χ3v) is 5.10. The van der Waals surface area contributed by atoms with Gasteiger partial charge in [-0.1, -0.05) is 35.9 Å². The van der Waals surface area contributed by atoms with Gasteiger partial charge in [0.25, 0.3) is 5.91 Å². The number of carbonyl (C=O) groups excluding carboxylic acids is 1. The van der Waals surface area contributed by atoms with E-state index in [2.05, 4.69) is 10.6 Å². The highest BCUT2D eigenvalue weighted by molar-refractivity contribution is 7.80. The van der Waals surface area contributed by atoms with E-state index in [-0.39, 0.29) is 11.0 Å². The van der Waals surface area contributed by atoms with Gasteiger partial charge in [-0.2, -0.15) is 5.26 Å². The number of hydrogen-bond donors (Lipinski definition) is 2. The highest BCUT2D eigenvalue weighted by Gasteiger charge is 2.17. The Morgan fingerprint density at radius 3 is 2.75 bits per heavy atom. The van der Waals surface area contributed by atoms with Gasteiger partial charge in [-0.05, 0) is 36.5 Å². The average molecular weight is 372 g/mol. The van der Waals surface area contributed by atoms with Gasteiger partial charge in [0.05, 0.1) is 16.7 Å². The second-order valence-corrected chi connectivity index (χ2v) is 6.68. The van der Waals surface area contributed by atoms with Crippen LogP contribution in [0.15, 0.2) is 48.5 Å². The van der Waals surface area contributed by atoms with E-state index in [1.54, 1.807) is 24.3 Å². The highest BCUT2D eigenvalue weighted by Crippen LogP contribution is 2.34. The Kier molecular flexibility index (Phi) is 4.76. The first-order valence-electron chi connectivity index (χ1n) is 6.88. The maximum Gasteiger partial charge on any atom is 0.269 e. The highest BCUT2D eigenvalue weighted by atomic mass is 35.5. The second-order valence-electron chi connectivity index (χ2n) is 4.84. The largest absolute Gasteiger partial charge is 0.332 e. The molecule has 0 aliphatic rings. The van der Waals surface area contributed by atoms with Crippen molar-refractivity contribution < 1.29 is 4.79 Å². The van der Waals surface area contributed by atoms with Gasteiger partial charge in [0.15, 0.2) is 5.11 Å². The van der Waals surface area contributed by atoms with Crippen molar-refractivity contribution in [1.82, 2.24) is 5.32 Å². The summed E-state index contributed by atoms with van der Waals surface area (Å²) >= 11 is 12.7. The van der Waals surface area contributed by atoms with E-state index in [1.807, 2.05) is 30.3 Å². The van der Waals surface area contributed by atoms with Crippen LogP contribution in [0.1, 0.15) is 15.2 Å². The Labute approximate surface area is 152 Å². The van der Waals surface area contributed by atoms with E-state index in [1.165, 1.54) is 11.3 Å². The fraction of sp³-hybridized carbons (Fsp3) is 0. The van der Waals surface area contributed by atoms with Gasteiger partial charge in [0, 0.05) is 15.8 Å². The minimum atomic E-state index is -0.366. The molecule has 1 heterocycles. The topological polar surface area (TPSA) is 64.9 Å². The van der Waals surface area contributed by atoms with Crippen LogP contribution in [0.4, 0.5) is 5.69 Å². The molecule has 1 amide bonds. The zero-order valence-electron chi connectivity index (χ0n) is 12.2. The molecule has 7 heteroatoms. The molecule has 0 saturated carbocycles. The van der Waals surface area contributed by atoms with E-state index < -0.39 is 0 Å². The van der Waals surface area contributed by atoms with Crippen LogP contribution in [0.3, 0.4) is 0 Å². The average Bonchev–Trinajstić information content (AvgIpc) is 2.92. The summed E-state index contributed by atoms with van der Waals surface area (Å²) in [6, 6.07) is 16.4. The molecule has 0 aliphatic heterocycles. The summed E-state index contributed by atoms with van der Waals surface area (Å²) in [7, 11) is 0. The summed E-state index contributed by atoms with van der Waals surface area (Å²) in [6.07, 6.45) is 0. The number of anilines is 1. The molecule has 0 aliphatic carbocycles. The van der Waals surface area contributed by atoms with Crippen molar-refractivity contribution in [3.63, 3.8) is 0 Å². The van der Waals surface area contributed by atoms with Gasteiger partial charge >= 0.3 is 0 Å². The molecule has 0 spiro atoms. The molecule has 0 saturated heterocycles. The molecule has 3 aromatic rings. The quantitative estimate of drug-likeness (QED) is 0.648. The van der Waals surface area contributed by atoms with E-state index in [4.69, 9.17) is 29.1 Å². The third-order valence-electron chi connectivity index (χ3n) is 3.22. The Balaban J connectivity index is 1.75. The molecule has 0 atom stereocenters. The number of nitrogens with zero attached hydrogens (tertiary/aromatic N) is 1. The number of benzene rings is 2. The number of nitriles is 1. The first-order chi connectivity index (χ1) is 11.6. The van der Waals surface area contributed by atoms with Crippen LogP contribution in [-0.4, -0.2) is 11.0 Å². The fourth-order valence-corrected chi connectivity index (χ4v) is 3.77. The van der Waals surface area contributed by atoms with Gasteiger partial charge in [-0.25, -0.2) is 0 Å². The van der Waals surface area contributed by atoms with Crippen LogP contribution in [0, 0.1) is 11.3 Å². The Bertz CT molecular complexity index is 991. The van der Waals surface area contributed by atoms with Crippen LogP contribution in [0.5, 0.6) is 0 Å². The molecular formula is C17H10ClN3OS2. The van der Waals surface area contributed by atoms with Crippen molar-refractivity contribution in [3.05, 3.63) is 64.0 Å². The van der Waals surface area contributed by atoms with E-state index in [9.17, 15) is 4.79 Å². The molecule has 3 rings (SSSR count). The predicted octanol–water partition coefficient (Wildman–Crippen LogP) is 4.55. The standard InChI is InChI=1S/C17H10ClN3OS2/c18-14-12-6-1-2-7-13(12)24-15(14)16(22)21-17(23)20-11-5-3-4-10(8-11)9-19/h1-8H,(H2,20,21,22,23). The van der Waals surface area contributed by atoms with Crippen LogP contribution in [0.2, 0.25) is 5.02 Å². The summed E-state index contributed by atoms with van der Waals surface area (Å²) in [6.45, 7) is 0. The van der Waals surface area contributed by atoms with E-state index >= 15 is 0 Å². The lowest BCUT2D eigenvalue weighted by Crippen LogP contribution is -2.33. The monoisotopic (exact) mass is 371 g/mol. The lowest BCUT2D eigenvalue weighted by Gasteiger charge is -2.09. The molecule has 2 aromatic carbocycles. The van der Waals surface area contributed by atoms with Crippen LogP contribution >= 0.6 is 35.2 Å². The number of thiophene rings is 1. The van der Waals surface area contributed by atoms with E-state index in [0.29, 0.717) is 21.2 Å². The maximum absolute atomic E-state index is 12.4. The first-order valence-corrected chi connectivity index (χ1v) is 8.48. The zero-order chi connectivity index (χ0) is 17.1. The summed E-state index contributed by atoms with van der Waals surface area (Å²) in [5.41, 5.74) is 1.13. The SMILES string of the molecule is N#Cc1cccc(NC(=S)NC(=O)c2sc3ccccc3c2Cl)c1. The molecule has 0 unspecified atom stereocenters. The van der Waals surface area contributed by atoms with Gasteiger partial charge < -0.3 is 5.32 Å². The number of carbonyl (C=O) groups is 1. The second kappa shape index (κ2) is 6.97. The zero-order valence-corrected chi connectivity index (χ0v) is 14.6. The van der Waals surface area contributed by atoms with Gasteiger partial charge in [-0.15, -0.1) is 11.3 Å². The van der Waals surface area contributed by atoms with E-state index in [0.717, 1.165) is 10.1 Å². The molecule has 0 fully saturated rings. The number of amides is 1. The Morgan fingerprint density at radius 1 is 1.21 bits per heavy atom. The number of hydrogen-bond acceptors (Lipinski definition) is 4. The lowest BCUT2D eigenvalue weighted by molar-refractivity contribution is 0.0982. The Hall–Kier alpha value is -2.46. The van der Waals surface area contributed by atoms with Gasteiger partial charge in [0.1, 0.15) is 4.88 Å². The van der Waals surface area contributed by atoms with Crippen LogP contribution in [-0.2, 0) is 0 Å². The first kappa shape index (κ1) is 16.4. The molecule has 0 bridgehead atoms. The smallest absolute Gasteiger partial charge is 0.269 e. The summed E-state index contributed by atoms with van der Waals surface area (Å²) < 4.78 is 0.938. The maximum atomic E-state index is 12.4. The fourth-order valence-electron chi connectivity index (χ4n) is 2.15. The summed E-state index contributed by atoms with van der Waals surface area (Å²) in [5, 5.41) is 15.8. The predicted molar refractivity (Wildman–Crippen MR) is 102 cm³/mol. The minimum Gasteiger partial charge on any atom is -0.332 e. The van der Waals surface area contributed by atoms with Crippen LogP contribution in [0.25, 0.3) is 10.1 Å². The molecule has 2 N–H and O–H groups in total.